The lowest BCUT2D eigenvalue weighted by atomic mass is 9.91. The summed E-state index contributed by atoms with van der Waals surface area (Å²) in [4.78, 5) is 0. The van der Waals surface area contributed by atoms with Crippen LogP contribution < -0.4 is 0 Å². The number of rotatable bonds is 17. The maximum absolute atomic E-state index is 10.0. The molecule has 2 atom stereocenters. The molecule has 2 unspecified atom stereocenters. The molecule has 0 spiro atoms. The van der Waals surface area contributed by atoms with E-state index in [1.54, 1.807) is 0 Å². The van der Waals surface area contributed by atoms with Crippen molar-refractivity contribution in [2.45, 2.75) is 125 Å². The Morgan fingerprint density at radius 1 is 0.871 bits per heavy atom. The fourth-order valence-corrected chi connectivity index (χ4v) is 4.43. The fourth-order valence-electron chi connectivity index (χ4n) is 4.43. The van der Waals surface area contributed by atoms with Gasteiger partial charge in [-0.05, 0) is 74.0 Å². The van der Waals surface area contributed by atoms with Gasteiger partial charge in [0.15, 0.2) is 0 Å². The van der Waals surface area contributed by atoms with Crippen LogP contribution in [0.3, 0.4) is 0 Å². The first-order valence-corrected chi connectivity index (χ1v) is 13.3. The molecule has 0 radical (unpaired) electrons. The number of allylic oxidation sites excluding steroid dienone is 2. The molecule has 0 aromatic heterocycles. The first-order chi connectivity index (χ1) is 14.8. The quantitative estimate of drug-likeness (QED) is 0.245. The molecule has 0 fully saturated rings. The summed E-state index contributed by atoms with van der Waals surface area (Å²) in [7, 11) is 0. The molecule has 0 saturated carbocycles. The maximum Gasteiger partial charge on any atom is 0.118 e. The summed E-state index contributed by atoms with van der Waals surface area (Å²) in [6, 6.07) is 6.14. The molecule has 1 N–H and O–H groups in total. The highest BCUT2D eigenvalue weighted by atomic mass is 16.3. The van der Waals surface area contributed by atoms with E-state index in [1.165, 1.54) is 75.3 Å². The van der Waals surface area contributed by atoms with Crippen LogP contribution in [0.1, 0.15) is 123 Å². The first-order valence-electron chi connectivity index (χ1n) is 13.3. The third kappa shape index (κ3) is 13.7. The van der Waals surface area contributed by atoms with E-state index in [4.69, 9.17) is 0 Å². The average Bonchev–Trinajstić information content (AvgIpc) is 2.72. The average molecular weight is 429 g/mol. The van der Waals surface area contributed by atoms with Gasteiger partial charge in [0, 0.05) is 0 Å². The van der Waals surface area contributed by atoms with Crippen LogP contribution in [0.25, 0.3) is 0 Å². The Bertz CT molecular complexity index is 613. The minimum Gasteiger partial charge on any atom is -0.508 e. The van der Waals surface area contributed by atoms with E-state index >= 15 is 0 Å². The van der Waals surface area contributed by atoms with Crippen LogP contribution in [0.4, 0.5) is 0 Å². The molecule has 0 saturated heterocycles. The number of aromatic hydroxyl groups is 1. The highest BCUT2D eigenvalue weighted by molar-refractivity contribution is 5.37. The summed E-state index contributed by atoms with van der Waals surface area (Å²) in [5, 5.41) is 10.0. The van der Waals surface area contributed by atoms with Gasteiger partial charge in [0.2, 0.25) is 0 Å². The fraction of sp³-hybridized carbons (Fsp3) is 0.733. The lowest BCUT2D eigenvalue weighted by Crippen LogP contribution is -2.00. The molecule has 0 bridgehead atoms. The smallest absolute Gasteiger partial charge is 0.118 e. The molecule has 31 heavy (non-hydrogen) atoms. The van der Waals surface area contributed by atoms with E-state index in [1.807, 2.05) is 6.07 Å². The van der Waals surface area contributed by atoms with Gasteiger partial charge in [-0.15, -0.1) is 0 Å². The summed E-state index contributed by atoms with van der Waals surface area (Å²) in [6.45, 7) is 14.0. The van der Waals surface area contributed by atoms with Crippen molar-refractivity contribution >= 4 is 0 Å². The molecule has 1 aromatic carbocycles. The molecular formula is C30H52O. The largest absolute Gasteiger partial charge is 0.508 e. The molecule has 178 valence electrons. The topological polar surface area (TPSA) is 20.2 Å². The van der Waals surface area contributed by atoms with Crippen LogP contribution in [0, 0.1) is 17.8 Å². The zero-order chi connectivity index (χ0) is 23.1. The highest BCUT2D eigenvalue weighted by Crippen LogP contribution is 2.23. The lowest BCUT2D eigenvalue weighted by Gasteiger charge is -2.15. The van der Waals surface area contributed by atoms with E-state index in [2.05, 4.69) is 59.8 Å². The number of aryl methyl sites for hydroxylation is 1. The van der Waals surface area contributed by atoms with Crippen molar-refractivity contribution < 1.29 is 5.11 Å². The molecule has 0 amide bonds. The minimum absolute atomic E-state index is 0.455. The second kappa shape index (κ2) is 16.4. The van der Waals surface area contributed by atoms with Gasteiger partial charge in [-0.3, -0.25) is 0 Å². The first kappa shape index (κ1) is 27.8. The molecule has 1 aromatic rings. The normalized spacial score (nSPS) is 14.2. The Hall–Kier alpha value is -1.24. The molecule has 0 aliphatic carbocycles. The summed E-state index contributed by atoms with van der Waals surface area (Å²) in [6.07, 6.45) is 19.0. The predicted molar refractivity (Wildman–Crippen MR) is 139 cm³/mol. The van der Waals surface area contributed by atoms with Crippen LogP contribution in [-0.2, 0) is 12.8 Å². The molecule has 1 rings (SSSR count). The Morgan fingerprint density at radius 2 is 1.48 bits per heavy atom. The summed E-state index contributed by atoms with van der Waals surface area (Å²) >= 11 is 0. The summed E-state index contributed by atoms with van der Waals surface area (Å²) in [5.74, 6) is 3.07. The number of hydrogen-bond acceptors (Lipinski definition) is 1. The van der Waals surface area contributed by atoms with Gasteiger partial charge in [0.05, 0.1) is 0 Å². The zero-order valence-corrected chi connectivity index (χ0v) is 21.7. The van der Waals surface area contributed by atoms with Gasteiger partial charge in [0.1, 0.15) is 5.75 Å². The summed E-state index contributed by atoms with van der Waals surface area (Å²) in [5.41, 5.74) is 3.93. The number of benzene rings is 1. The van der Waals surface area contributed by atoms with E-state index in [9.17, 15) is 5.11 Å². The van der Waals surface area contributed by atoms with E-state index < -0.39 is 0 Å². The molecular weight excluding hydrogens is 376 g/mol. The van der Waals surface area contributed by atoms with Gasteiger partial charge >= 0.3 is 0 Å². The molecule has 1 heteroatoms. The van der Waals surface area contributed by atoms with Gasteiger partial charge in [0.25, 0.3) is 0 Å². The van der Waals surface area contributed by atoms with Crippen molar-refractivity contribution in [1.29, 1.82) is 0 Å². The van der Waals surface area contributed by atoms with E-state index in [0.29, 0.717) is 5.75 Å². The summed E-state index contributed by atoms with van der Waals surface area (Å²) < 4.78 is 0. The van der Waals surface area contributed by atoms with Crippen molar-refractivity contribution in [3.8, 4) is 5.75 Å². The van der Waals surface area contributed by atoms with Crippen molar-refractivity contribution in [1.82, 2.24) is 0 Å². The van der Waals surface area contributed by atoms with Crippen LogP contribution in [-0.4, -0.2) is 5.11 Å². The Balaban J connectivity index is 2.23. The predicted octanol–water partition coefficient (Wildman–Crippen LogP) is 9.66. The third-order valence-electron chi connectivity index (χ3n) is 6.77. The van der Waals surface area contributed by atoms with Crippen molar-refractivity contribution in [3.05, 3.63) is 41.0 Å². The van der Waals surface area contributed by atoms with E-state index in [0.717, 1.165) is 42.6 Å². The van der Waals surface area contributed by atoms with Crippen LogP contribution in [0.2, 0.25) is 0 Å². The molecule has 1 nitrogen and oxygen atoms in total. The number of phenolic OH excluding ortho intramolecular Hbond substituents is 1. The maximum atomic E-state index is 10.0. The molecule has 0 aliphatic heterocycles. The van der Waals surface area contributed by atoms with Gasteiger partial charge in [-0.25, -0.2) is 0 Å². The van der Waals surface area contributed by atoms with Crippen molar-refractivity contribution in [2.24, 2.45) is 17.8 Å². The number of phenols is 1. The minimum atomic E-state index is 0.455. The zero-order valence-electron chi connectivity index (χ0n) is 21.7. The van der Waals surface area contributed by atoms with Crippen molar-refractivity contribution in [2.75, 3.05) is 0 Å². The van der Waals surface area contributed by atoms with E-state index in [-0.39, 0.29) is 0 Å². The number of unbranched alkanes of at least 4 members (excludes halogenated alkanes) is 1. The molecule has 0 aliphatic rings. The van der Waals surface area contributed by atoms with Crippen molar-refractivity contribution in [3.63, 3.8) is 0 Å². The Labute approximate surface area is 194 Å². The van der Waals surface area contributed by atoms with Gasteiger partial charge in [-0.1, -0.05) is 110 Å². The second-order valence-electron chi connectivity index (χ2n) is 10.7. The number of hydrogen-bond donors (Lipinski definition) is 1. The monoisotopic (exact) mass is 428 g/mol. The lowest BCUT2D eigenvalue weighted by molar-refractivity contribution is 0.389. The highest BCUT2D eigenvalue weighted by Gasteiger charge is 2.07. The molecule has 0 heterocycles. The standard InChI is InChI=1S/C30H52O/c1-7-8-18-29-23-28(21-22-30(29)31)20-19-27(6)17-11-16-26(5)15-10-14-25(4)13-9-12-24(2)3/h19,21-26,31H,7-18,20H2,1-6H3. The van der Waals surface area contributed by atoms with Crippen LogP contribution >= 0.6 is 0 Å². The second-order valence-corrected chi connectivity index (χ2v) is 10.7. The Kier molecular flexibility index (Phi) is 14.7. The van der Waals surface area contributed by atoms with Gasteiger partial charge < -0.3 is 5.11 Å². The Morgan fingerprint density at radius 3 is 2.10 bits per heavy atom. The van der Waals surface area contributed by atoms with Crippen LogP contribution in [0.5, 0.6) is 5.75 Å². The van der Waals surface area contributed by atoms with Gasteiger partial charge in [-0.2, -0.15) is 0 Å². The third-order valence-corrected chi connectivity index (χ3v) is 6.77. The van der Waals surface area contributed by atoms with Crippen LogP contribution in [0.15, 0.2) is 29.8 Å². The SMILES string of the molecule is CCCCc1cc(CC=C(C)CCCC(C)CCCC(C)CCCC(C)C)ccc1O.